The van der Waals surface area contributed by atoms with E-state index in [0.717, 1.165) is 34.3 Å². The summed E-state index contributed by atoms with van der Waals surface area (Å²) in [6.07, 6.45) is 3.92. The highest BCUT2D eigenvalue weighted by Crippen LogP contribution is 2.28. The van der Waals surface area contributed by atoms with Crippen molar-refractivity contribution >= 4 is 28.8 Å². The number of fused-ring (bicyclic) bond motifs is 1. The van der Waals surface area contributed by atoms with Crippen LogP contribution in [0.25, 0.3) is 5.52 Å². The van der Waals surface area contributed by atoms with E-state index in [-0.39, 0.29) is 18.2 Å². The second-order valence-electron chi connectivity index (χ2n) is 7.81. The molecule has 1 aromatic carbocycles. The molecule has 9 heteroatoms. The Kier molecular flexibility index (Phi) is 5.50. The van der Waals surface area contributed by atoms with E-state index in [1.807, 2.05) is 52.8 Å². The Morgan fingerprint density at radius 3 is 2.87 bits per heavy atom. The van der Waals surface area contributed by atoms with Crippen LogP contribution in [0.15, 0.2) is 35.8 Å². The number of nitrogens with one attached hydrogen (secondary N) is 3. The monoisotopic (exact) mass is 421 g/mol. The van der Waals surface area contributed by atoms with Gasteiger partial charge in [0.2, 0.25) is 5.90 Å². The number of hydrogen-bond acceptors (Lipinski definition) is 7. The highest BCUT2D eigenvalue weighted by Gasteiger charge is 2.20. The molecule has 3 N–H and O–H groups in total. The van der Waals surface area contributed by atoms with Crippen LogP contribution in [-0.2, 0) is 4.74 Å². The largest absolute Gasteiger partial charge is 0.451 e. The molecule has 3 heterocycles. The Hall–Kier alpha value is -3.62. The molecule has 1 aliphatic rings. The molecule has 0 aliphatic carbocycles. The summed E-state index contributed by atoms with van der Waals surface area (Å²) in [7, 11) is 0. The molecule has 1 amide bonds. The molecule has 0 spiro atoms. The minimum Gasteiger partial charge on any atom is -0.451 e. The van der Waals surface area contributed by atoms with Crippen LogP contribution >= 0.6 is 0 Å². The summed E-state index contributed by atoms with van der Waals surface area (Å²) in [6.45, 7) is 9.84. The molecule has 4 rings (SSSR count). The Morgan fingerprint density at radius 1 is 1.35 bits per heavy atom. The van der Waals surface area contributed by atoms with Crippen molar-refractivity contribution in [2.45, 2.75) is 53.3 Å². The Morgan fingerprint density at radius 2 is 2.16 bits per heavy atom. The van der Waals surface area contributed by atoms with Gasteiger partial charge in [0.1, 0.15) is 11.8 Å². The molecule has 31 heavy (non-hydrogen) atoms. The van der Waals surface area contributed by atoms with E-state index in [1.54, 1.807) is 10.7 Å². The van der Waals surface area contributed by atoms with Crippen LogP contribution in [-0.4, -0.2) is 38.7 Å². The summed E-state index contributed by atoms with van der Waals surface area (Å²) in [5.41, 5.74) is 7.83. The van der Waals surface area contributed by atoms with Crippen LogP contribution < -0.4 is 16.1 Å². The second-order valence-corrected chi connectivity index (χ2v) is 7.81. The molecule has 0 radical (unpaired) electrons. The number of nitrogens with zero attached hydrogens (tertiary/aromatic N) is 4. The van der Waals surface area contributed by atoms with Crippen LogP contribution in [0.5, 0.6) is 0 Å². The molecule has 0 unspecified atom stereocenters. The lowest BCUT2D eigenvalue weighted by atomic mass is 10.1. The molecule has 0 fully saturated rings. The normalized spacial score (nSPS) is 16.4. The predicted octanol–water partition coefficient (Wildman–Crippen LogP) is 3.25. The summed E-state index contributed by atoms with van der Waals surface area (Å²) >= 11 is 0. The van der Waals surface area contributed by atoms with Gasteiger partial charge in [0, 0.05) is 23.5 Å². The fourth-order valence-corrected chi connectivity index (χ4v) is 3.40. The number of hydrazone groups is 1. The van der Waals surface area contributed by atoms with Crippen molar-refractivity contribution in [2.24, 2.45) is 5.10 Å². The zero-order chi connectivity index (χ0) is 22.1. The number of hydrogen-bond donors (Lipinski definition) is 3. The summed E-state index contributed by atoms with van der Waals surface area (Å²) in [4.78, 5) is 17.2. The van der Waals surface area contributed by atoms with Crippen LogP contribution in [0, 0.1) is 13.8 Å². The van der Waals surface area contributed by atoms with Gasteiger partial charge >= 0.3 is 0 Å². The van der Waals surface area contributed by atoms with Crippen LogP contribution in [0.2, 0.25) is 0 Å². The summed E-state index contributed by atoms with van der Waals surface area (Å²) in [5.74, 6) is 1.06. The number of aromatic nitrogens is 3. The van der Waals surface area contributed by atoms with Gasteiger partial charge in [-0.15, -0.1) is 5.10 Å². The average molecular weight is 422 g/mol. The van der Waals surface area contributed by atoms with Gasteiger partial charge in [-0.25, -0.2) is 9.50 Å². The Bertz CT molecular complexity index is 1170. The number of carbonyl (C=O) groups excluding carboxylic acids is 1. The second kappa shape index (κ2) is 8.25. The molecule has 0 saturated heterocycles. The van der Waals surface area contributed by atoms with Gasteiger partial charge in [-0.2, -0.15) is 5.10 Å². The van der Waals surface area contributed by atoms with Crippen LogP contribution in [0.3, 0.4) is 0 Å². The third kappa shape index (κ3) is 4.03. The first-order valence-corrected chi connectivity index (χ1v) is 10.4. The Balaban J connectivity index is 1.69. The smallest absolute Gasteiger partial charge is 0.253 e. The molecular weight excluding hydrogens is 394 g/mol. The van der Waals surface area contributed by atoms with Crippen molar-refractivity contribution in [1.29, 1.82) is 0 Å². The first-order valence-electron chi connectivity index (χ1n) is 10.4. The maximum absolute atomic E-state index is 12.7. The fourth-order valence-electron chi connectivity index (χ4n) is 3.40. The summed E-state index contributed by atoms with van der Waals surface area (Å²) in [6, 6.07) is 6.04. The standard InChI is InChI=1S/C22H27N7O2/c1-6-13(3)25-21(30)17-10-29-19(14(17)4)20(23-11-24-29)26-18-9-16(8-7-12(18)2)22-28-27-15(5)31-22/h7-11,13,15,27H,6H2,1-5H3,(H,25,30)(H,23,24,26)/t13-,15-/m0/s1. The van der Waals surface area contributed by atoms with Crippen molar-refractivity contribution < 1.29 is 9.53 Å². The van der Waals surface area contributed by atoms with E-state index in [1.165, 1.54) is 6.33 Å². The number of aryl methyl sites for hydroxylation is 2. The fraction of sp³-hybridized carbons (Fsp3) is 0.364. The molecule has 162 valence electrons. The van der Waals surface area contributed by atoms with Crippen molar-refractivity contribution in [2.75, 3.05) is 5.32 Å². The van der Waals surface area contributed by atoms with Crippen LogP contribution in [0.4, 0.5) is 11.5 Å². The van der Waals surface area contributed by atoms with E-state index in [2.05, 4.69) is 31.2 Å². The Labute approximate surface area is 180 Å². The molecule has 1 aliphatic heterocycles. The quantitative estimate of drug-likeness (QED) is 0.564. The van der Waals surface area contributed by atoms with E-state index in [0.29, 0.717) is 17.3 Å². The lowest BCUT2D eigenvalue weighted by Crippen LogP contribution is -2.32. The van der Waals surface area contributed by atoms with Crippen LogP contribution in [0.1, 0.15) is 54.2 Å². The zero-order valence-corrected chi connectivity index (χ0v) is 18.4. The lowest BCUT2D eigenvalue weighted by molar-refractivity contribution is 0.0938. The number of amides is 1. The number of rotatable bonds is 6. The molecule has 2 aromatic heterocycles. The highest BCUT2D eigenvalue weighted by molar-refractivity contribution is 5.99. The highest BCUT2D eigenvalue weighted by atomic mass is 16.5. The molecule has 9 nitrogen and oxygen atoms in total. The van der Waals surface area contributed by atoms with Crippen molar-refractivity contribution in [1.82, 2.24) is 25.3 Å². The number of anilines is 2. The van der Waals surface area contributed by atoms with E-state index in [4.69, 9.17) is 4.74 Å². The minimum absolute atomic E-state index is 0.0990. The van der Waals surface area contributed by atoms with Gasteiger partial charge in [-0.3, -0.25) is 10.2 Å². The first kappa shape index (κ1) is 20.6. The number of benzene rings is 1. The van der Waals surface area contributed by atoms with Gasteiger partial charge in [0.15, 0.2) is 12.0 Å². The average Bonchev–Trinajstić information content (AvgIpc) is 3.33. The molecule has 2 atom stereocenters. The summed E-state index contributed by atoms with van der Waals surface area (Å²) < 4.78 is 7.37. The lowest BCUT2D eigenvalue weighted by Gasteiger charge is -2.13. The van der Waals surface area contributed by atoms with E-state index < -0.39 is 0 Å². The van der Waals surface area contributed by atoms with Gasteiger partial charge in [-0.1, -0.05) is 13.0 Å². The molecule has 0 bridgehead atoms. The maximum atomic E-state index is 12.7. The van der Waals surface area contributed by atoms with E-state index in [9.17, 15) is 4.79 Å². The third-order valence-electron chi connectivity index (χ3n) is 5.44. The topological polar surface area (TPSA) is 105 Å². The van der Waals surface area contributed by atoms with Crippen molar-refractivity contribution in [3.8, 4) is 0 Å². The minimum atomic E-state index is -0.155. The maximum Gasteiger partial charge on any atom is 0.253 e. The van der Waals surface area contributed by atoms with Gasteiger partial charge < -0.3 is 15.4 Å². The number of carbonyl (C=O) groups is 1. The molecular formula is C22H27N7O2. The van der Waals surface area contributed by atoms with Gasteiger partial charge in [0.05, 0.1) is 5.56 Å². The van der Waals surface area contributed by atoms with Gasteiger partial charge in [-0.05, 0) is 57.4 Å². The first-order chi connectivity index (χ1) is 14.9. The SMILES string of the molecule is CC[C@H](C)NC(=O)c1cn2ncnc(Nc3cc(C4=NN[C@H](C)O4)ccc3C)c2c1C. The number of ether oxygens (including phenoxy) is 1. The zero-order valence-electron chi connectivity index (χ0n) is 18.4. The predicted molar refractivity (Wildman–Crippen MR) is 120 cm³/mol. The van der Waals surface area contributed by atoms with Crippen molar-refractivity contribution in [3.05, 3.63) is 53.0 Å². The van der Waals surface area contributed by atoms with E-state index >= 15 is 0 Å². The molecule has 3 aromatic rings. The summed E-state index contributed by atoms with van der Waals surface area (Å²) in [5, 5.41) is 14.9. The third-order valence-corrected chi connectivity index (χ3v) is 5.44. The molecule has 0 saturated carbocycles. The van der Waals surface area contributed by atoms with Gasteiger partial charge in [0.25, 0.3) is 5.91 Å². The van der Waals surface area contributed by atoms with Crippen molar-refractivity contribution in [3.63, 3.8) is 0 Å².